The highest BCUT2D eigenvalue weighted by Crippen LogP contribution is 2.27. The number of likely N-dealkylation sites (tertiary alicyclic amines) is 1. The Morgan fingerprint density at radius 1 is 1.24 bits per heavy atom. The lowest BCUT2D eigenvalue weighted by Gasteiger charge is -2.25. The van der Waals surface area contributed by atoms with Gasteiger partial charge >= 0.3 is 0 Å². The van der Waals surface area contributed by atoms with Gasteiger partial charge < -0.3 is 9.47 Å². The van der Waals surface area contributed by atoms with E-state index in [0.29, 0.717) is 0 Å². The van der Waals surface area contributed by atoms with Crippen molar-refractivity contribution in [2.45, 2.75) is 37.9 Å². The molecule has 0 aliphatic carbocycles. The molecule has 0 radical (unpaired) electrons. The van der Waals surface area contributed by atoms with Crippen LogP contribution in [-0.4, -0.2) is 45.1 Å². The van der Waals surface area contributed by atoms with Gasteiger partial charge in [0, 0.05) is 18.8 Å². The van der Waals surface area contributed by atoms with E-state index in [0.717, 1.165) is 29.8 Å². The maximum absolute atomic E-state index is 4.39. The molecule has 2 aromatic heterocycles. The van der Waals surface area contributed by atoms with Gasteiger partial charge in [-0.15, -0.1) is 21.5 Å². The SMILES string of the molecule is CCn1c(SCCN2CCCCC2)nnc1-c1cccs1. The monoisotopic (exact) mass is 322 g/mol. The van der Waals surface area contributed by atoms with Gasteiger partial charge in [0.25, 0.3) is 0 Å². The Balaban J connectivity index is 1.60. The van der Waals surface area contributed by atoms with Crippen molar-refractivity contribution in [2.75, 3.05) is 25.4 Å². The molecule has 0 saturated carbocycles. The van der Waals surface area contributed by atoms with Crippen molar-refractivity contribution in [1.29, 1.82) is 0 Å². The maximum Gasteiger partial charge on any atom is 0.191 e. The second-order valence-corrected chi connectivity index (χ2v) is 7.29. The molecular weight excluding hydrogens is 300 g/mol. The van der Waals surface area contributed by atoms with Crippen molar-refractivity contribution in [1.82, 2.24) is 19.7 Å². The summed E-state index contributed by atoms with van der Waals surface area (Å²) in [4.78, 5) is 3.77. The number of thioether (sulfide) groups is 1. The molecule has 0 N–H and O–H groups in total. The van der Waals surface area contributed by atoms with Gasteiger partial charge in [0.2, 0.25) is 0 Å². The molecule has 0 atom stereocenters. The number of piperidine rings is 1. The van der Waals surface area contributed by atoms with Crippen LogP contribution in [0.2, 0.25) is 0 Å². The predicted molar refractivity (Wildman–Crippen MR) is 90.0 cm³/mol. The van der Waals surface area contributed by atoms with Gasteiger partial charge in [-0.3, -0.25) is 0 Å². The molecule has 0 aromatic carbocycles. The summed E-state index contributed by atoms with van der Waals surface area (Å²) in [6.45, 7) is 6.78. The topological polar surface area (TPSA) is 34.0 Å². The lowest BCUT2D eigenvalue weighted by molar-refractivity contribution is 0.242. The number of hydrogen-bond donors (Lipinski definition) is 0. The van der Waals surface area contributed by atoms with Crippen LogP contribution in [0.15, 0.2) is 22.7 Å². The third-order valence-corrected chi connectivity index (χ3v) is 5.67. The molecule has 1 aliphatic heterocycles. The smallest absolute Gasteiger partial charge is 0.191 e. The van der Waals surface area contributed by atoms with Crippen molar-refractivity contribution in [3.05, 3.63) is 17.5 Å². The van der Waals surface area contributed by atoms with E-state index in [4.69, 9.17) is 0 Å². The quantitative estimate of drug-likeness (QED) is 0.761. The molecule has 21 heavy (non-hydrogen) atoms. The van der Waals surface area contributed by atoms with E-state index in [-0.39, 0.29) is 0 Å². The largest absolute Gasteiger partial charge is 0.303 e. The molecule has 6 heteroatoms. The van der Waals surface area contributed by atoms with E-state index in [2.05, 4.69) is 44.1 Å². The number of hydrogen-bond acceptors (Lipinski definition) is 5. The van der Waals surface area contributed by atoms with Crippen LogP contribution in [0, 0.1) is 0 Å². The molecule has 1 saturated heterocycles. The molecule has 0 bridgehead atoms. The molecule has 0 spiro atoms. The van der Waals surface area contributed by atoms with Crippen molar-refractivity contribution >= 4 is 23.1 Å². The second kappa shape index (κ2) is 7.42. The van der Waals surface area contributed by atoms with Crippen LogP contribution in [-0.2, 0) is 6.54 Å². The average Bonchev–Trinajstić information content (AvgIpc) is 3.17. The molecule has 4 nitrogen and oxygen atoms in total. The van der Waals surface area contributed by atoms with Crippen LogP contribution in [0.4, 0.5) is 0 Å². The Morgan fingerprint density at radius 3 is 2.81 bits per heavy atom. The normalized spacial score (nSPS) is 16.4. The predicted octanol–water partition coefficient (Wildman–Crippen LogP) is 3.60. The Bertz CT molecular complexity index is 544. The third kappa shape index (κ3) is 3.67. The molecule has 0 unspecified atom stereocenters. The minimum absolute atomic E-state index is 0.923. The van der Waals surface area contributed by atoms with Crippen molar-refractivity contribution in [3.63, 3.8) is 0 Å². The standard InChI is InChI=1S/C15H22N4S2/c1-2-19-14(13-7-6-11-20-13)16-17-15(19)21-12-10-18-8-4-3-5-9-18/h6-7,11H,2-5,8-10,12H2,1H3. The van der Waals surface area contributed by atoms with Gasteiger partial charge in [-0.1, -0.05) is 24.2 Å². The van der Waals surface area contributed by atoms with Gasteiger partial charge in [-0.2, -0.15) is 0 Å². The average molecular weight is 323 g/mol. The third-order valence-electron chi connectivity index (χ3n) is 3.86. The fourth-order valence-electron chi connectivity index (χ4n) is 2.72. The molecule has 1 aliphatic rings. The first-order valence-corrected chi connectivity index (χ1v) is 9.57. The fourth-order valence-corrected chi connectivity index (χ4v) is 4.44. The van der Waals surface area contributed by atoms with Crippen LogP contribution >= 0.6 is 23.1 Å². The molecule has 3 rings (SSSR count). The molecule has 1 fully saturated rings. The van der Waals surface area contributed by atoms with Gasteiger partial charge in [0.1, 0.15) is 0 Å². The molecular formula is C15H22N4S2. The van der Waals surface area contributed by atoms with E-state index in [1.54, 1.807) is 11.3 Å². The summed E-state index contributed by atoms with van der Waals surface area (Å²) in [7, 11) is 0. The first kappa shape index (κ1) is 15.1. The summed E-state index contributed by atoms with van der Waals surface area (Å²) in [5.74, 6) is 2.11. The first-order valence-electron chi connectivity index (χ1n) is 7.70. The van der Waals surface area contributed by atoms with Crippen molar-refractivity contribution < 1.29 is 0 Å². The minimum Gasteiger partial charge on any atom is -0.303 e. The number of aromatic nitrogens is 3. The van der Waals surface area contributed by atoms with E-state index < -0.39 is 0 Å². The molecule has 2 aromatic rings. The zero-order valence-electron chi connectivity index (χ0n) is 12.5. The van der Waals surface area contributed by atoms with E-state index in [9.17, 15) is 0 Å². The Labute approximate surface area is 134 Å². The summed E-state index contributed by atoms with van der Waals surface area (Å²) >= 11 is 3.56. The van der Waals surface area contributed by atoms with Crippen LogP contribution < -0.4 is 0 Å². The Kier molecular flexibility index (Phi) is 5.32. The zero-order chi connectivity index (χ0) is 14.5. The zero-order valence-corrected chi connectivity index (χ0v) is 14.1. The lowest BCUT2D eigenvalue weighted by Crippen LogP contribution is -2.31. The van der Waals surface area contributed by atoms with Crippen molar-refractivity contribution in [2.24, 2.45) is 0 Å². The summed E-state index contributed by atoms with van der Waals surface area (Å²) in [6, 6.07) is 4.18. The highest BCUT2D eigenvalue weighted by molar-refractivity contribution is 7.99. The Morgan fingerprint density at radius 2 is 2.10 bits per heavy atom. The van der Waals surface area contributed by atoms with Crippen LogP contribution in [0.3, 0.4) is 0 Å². The van der Waals surface area contributed by atoms with E-state index in [1.807, 2.05) is 11.8 Å². The van der Waals surface area contributed by atoms with E-state index in [1.165, 1.54) is 37.2 Å². The van der Waals surface area contributed by atoms with Crippen LogP contribution in [0.1, 0.15) is 26.2 Å². The highest BCUT2D eigenvalue weighted by Gasteiger charge is 2.15. The number of thiophene rings is 1. The highest BCUT2D eigenvalue weighted by atomic mass is 32.2. The van der Waals surface area contributed by atoms with E-state index >= 15 is 0 Å². The maximum atomic E-state index is 4.39. The Hall–Kier alpha value is -0.850. The summed E-state index contributed by atoms with van der Waals surface area (Å²) < 4.78 is 2.23. The molecule has 114 valence electrons. The lowest BCUT2D eigenvalue weighted by atomic mass is 10.1. The first-order chi connectivity index (χ1) is 10.4. The number of rotatable bonds is 6. The summed E-state index contributed by atoms with van der Waals surface area (Å²) in [5.41, 5.74) is 0. The second-order valence-electron chi connectivity index (χ2n) is 5.28. The summed E-state index contributed by atoms with van der Waals surface area (Å²) in [5, 5.41) is 11.9. The summed E-state index contributed by atoms with van der Waals surface area (Å²) in [6.07, 6.45) is 4.12. The van der Waals surface area contributed by atoms with Crippen LogP contribution in [0.5, 0.6) is 0 Å². The van der Waals surface area contributed by atoms with Gasteiger partial charge in [0.15, 0.2) is 11.0 Å². The minimum atomic E-state index is 0.923. The van der Waals surface area contributed by atoms with Gasteiger partial charge in [-0.25, -0.2) is 0 Å². The number of nitrogens with zero attached hydrogens (tertiary/aromatic N) is 4. The van der Waals surface area contributed by atoms with Gasteiger partial charge in [0.05, 0.1) is 4.88 Å². The van der Waals surface area contributed by atoms with Crippen molar-refractivity contribution in [3.8, 4) is 10.7 Å². The molecule has 3 heterocycles. The molecule has 0 amide bonds. The fraction of sp³-hybridized carbons (Fsp3) is 0.600. The van der Waals surface area contributed by atoms with Crippen LogP contribution in [0.25, 0.3) is 10.7 Å². The van der Waals surface area contributed by atoms with Gasteiger partial charge in [-0.05, 0) is 44.3 Å².